The first-order valence-corrected chi connectivity index (χ1v) is 9.61. The zero-order valence-corrected chi connectivity index (χ0v) is 16.3. The maximum atomic E-state index is 12.4. The summed E-state index contributed by atoms with van der Waals surface area (Å²) in [5.41, 5.74) is 2.43. The van der Waals surface area contributed by atoms with Crippen molar-refractivity contribution in [2.75, 3.05) is 11.9 Å². The van der Waals surface area contributed by atoms with Crippen molar-refractivity contribution in [3.05, 3.63) is 101 Å². The minimum absolute atomic E-state index is 0.198. The predicted octanol–water partition coefficient (Wildman–Crippen LogP) is 5.48. The molecule has 0 radical (unpaired) electrons. The van der Waals surface area contributed by atoms with Crippen LogP contribution in [0.3, 0.4) is 0 Å². The summed E-state index contributed by atoms with van der Waals surface area (Å²) in [7, 11) is 0. The van der Waals surface area contributed by atoms with Crippen LogP contribution in [0.2, 0.25) is 5.02 Å². The van der Waals surface area contributed by atoms with Crippen molar-refractivity contribution < 1.29 is 14.3 Å². The molecule has 3 aromatic rings. The molecule has 2 unspecified atom stereocenters. The molecule has 1 amide bonds. The average Bonchev–Trinajstić information content (AvgIpc) is 2.76. The summed E-state index contributed by atoms with van der Waals surface area (Å²) in [5.74, 6) is 0.499. The Morgan fingerprint density at radius 1 is 0.966 bits per heavy atom. The lowest BCUT2D eigenvalue weighted by atomic mass is 10.0. The highest BCUT2D eigenvalue weighted by Crippen LogP contribution is 2.29. The Hall–Kier alpha value is -3.31. The van der Waals surface area contributed by atoms with Crippen molar-refractivity contribution in [1.29, 1.82) is 0 Å². The van der Waals surface area contributed by atoms with Gasteiger partial charge in [0.1, 0.15) is 12.6 Å². The van der Waals surface area contributed by atoms with E-state index in [-0.39, 0.29) is 12.6 Å². The van der Waals surface area contributed by atoms with Gasteiger partial charge in [-0.25, -0.2) is 9.79 Å². The molecule has 0 saturated heterocycles. The molecule has 29 heavy (non-hydrogen) atoms. The summed E-state index contributed by atoms with van der Waals surface area (Å²) in [6.45, 7) is 0.198. The Balaban J connectivity index is 1.56. The summed E-state index contributed by atoms with van der Waals surface area (Å²) in [6.07, 6.45) is -1.10. The molecule has 0 saturated carbocycles. The van der Waals surface area contributed by atoms with E-state index in [4.69, 9.17) is 26.1 Å². The first-order valence-electron chi connectivity index (χ1n) is 9.23. The number of carbonyl (C=O) groups excluding carboxylic acids is 1. The molecule has 1 aliphatic heterocycles. The Morgan fingerprint density at radius 2 is 1.62 bits per heavy atom. The van der Waals surface area contributed by atoms with Crippen molar-refractivity contribution in [3.8, 4) is 0 Å². The molecule has 1 aliphatic rings. The molecular formula is C23H19ClN2O3. The lowest BCUT2D eigenvalue weighted by Gasteiger charge is -2.30. The molecule has 0 aromatic heterocycles. The number of aliphatic imine (C=N–C) groups is 1. The molecule has 0 bridgehead atoms. The van der Waals surface area contributed by atoms with Gasteiger partial charge in [0.05, 0.1) is 0 Å². The van der Waals surface area contributed by atoms with Crippen LogP contribution < -0.4 is 5.32 Å². The van der Waals surface area contributed by atoms with E-state index in [0.29, 0.717) is 16.6 Å². The van der Waals surface area contributed by atoms with Gasteiger partial charge in [-0.3, -0.25) is 5.32 Å². The topological polar surface area (TPSA) is 59.9 Å². The number of nitrogens with zero attached hydrogens (tertiary/aromatic N) is 1. The van der Waals surface area contributed by atoms with E-state index in [9.17, 15) is 4.79 Å². The van der Waals surface area contributed by atoms with Gasteiger partial charge in [-0.2, -0.15) is 0 Å². The summed E-state index contributed by atoms with van der Waals surface area (Å²) < 4.78 is 11.5. The highest BCUT2D eigenvalue weighted by molar-refractivity contribution is 6.30. The first kappa shape index (κ1) is 19.0. The smallest absolute Gasteiger partial charge is 0.412 e. The van der Waals surface area contributed by atoms with Crippen molar-refractivity contribution in [1.82, 2.24) is 0 Å². The van der Waals surface area contributed by atoms with Crippen molar-refractivity contribution in [3.63, 3.8) is 0 Å². The number of rotatable bonds is 4. The number of amides is 1. The Bertz CT molecular complexity index is 992. The summed E-state index contributed by atoms with van der Waals surface area (Å²) in [4.78, 5) is 17.1. The van der Waals surface area contributed by atoms with Gasteiger partial charge in [0, 0.05) is 16.3 Å². The third-order valence-electron chi connectivity index (χ3n) is 4.50. The minimum Gasteiger partial charge on any atom is -0.473 e. The van der Waals surface area contributed by atoms with Crippen LogP contribution in [0.25, 0.3) is 0 Å². The summed E-state index contributed by atoms with van der Waals surface area (Å²) in [5, 5.41) is 3.37. The van der Waals surface area contributed by atoms with E-state index in [1.807, 2.05) is 60.7 Å². The Morgan fingerprint density at radius 3 is 2.31 bits per heavy atom. The van der Waals surface area contributed by atoms with Gasteiger partial charge >= 0.3 is 6.09 Å². The fraction of sp³-hybridized carbons (Fsp3) is 0.130. The molecule has 0 fully saturated rings. The van der Waals surface area contributed by atoms with Crippen molar-refractivity contribution in [2.45, 2.75) is 12.1 Å². The van der Waals surface area contributed by atoms with E-state index >= 15 is 0 Å². The summed E-state index contributed by atoms with van der Waals surface area (Å²) in [6, 6.07) is 25.8. The molecule has 0 spiro atoms. The number of carbonyl (C=O) groups is 1. The van der Waals surface area contributed by atoms with E-state index in [2.05, 4.69) is 5.32 Å². The fourth-order valence-corrected chi connectivity index (χ4v) is 3.22. The molecule has 5 nitrogen and oxygen atoms in total. The summed E-state index contributed by atoms with van der Waals surface area (Å²) >= 11 is 5.98. The zero-order valence-electron chi connectivity index (χ0n) is 15.5. The average molecular weight is 407 g/mol. The van der Waals surface area contributed by atoms with Gasteiger partial charge in [-0.05, 0) is 42.0 Å². The second-order valence-corrected chi connectivity index (χ2v) is 6.98. The van der Waals surface area contributed by atoms with E-state index < -0.39 is 12.2 Å². The maximum Gasteiger partial charge on any atom is 0.412 e. The molecular weight excluding hydrogens is 388 g/mol. The normalized spacial score (nSPS) is 18.3. The van der Waals surface area contributed by atoms with E-state index in [0.717, 1.165) is 11.1 Å². The largest absolute Gasteiger partial charge is 0.473 e. The number of hydrogen-bond acceptors (Lipinski definition) is 4. The number of ether oxygens (including phenoxy) is 2. The monoisotopic (exact) mass is 406 g/mol. The van der Waals surface area contributed by atoms with Crippen LogP contribution >= 0.6 is 11.6 Å². The molecule has 6 heteroatoms. The molecule has 3 aromatic carbocycles. The van der Waals surface area contributed by atoms with Crippen molar-refractivity contribution in [2.24, 2.45) is 4.99 Å². The Labute approximate surface area is 174 Å². The second kappa shape index (κ2) is 8.80. The molecule has 4 rings (SSSR count). The first-order chi connectivity index (χ1) is 14.2. The SMILES string of the molecule is O=C(Nc1ccccc1)OC1COC(c2ccc(Cl)cc2)=NC1c1ccccc1. The van der Waals surface area contributed by atoms with Gasteiger partial charge in [0.25, 0.3) is 0 Å². The van der Waals surface area contributed by atoms with Gasteiger partial charge in [-0.1, -0.05) is 60.1 Å². The number of halogens is 1. The highest BCUT2D eigenvalue weighted by Gasteiger charge is 2.32. The third-order valence-corrected chi connectivity index (χ3v) is 4.76. The molecule has 0 aliphatic carbocycles. The van der Waals surface area contributed by atoms with E-state index in [1.165, 1.54) is 0 Å². The van der Waals surface area contributed by atoms with Gasteiger partial charge in [0.2, 0.25) is 5.90 Å². The van der Waals surface area contributed by atoms with Crippen LogP contribution in [0.1, 0.15) is 17.2 Å². The van der Waals surface area contributed by atoms with Crippen molar-refractivity contribution >= 4 is 29.3 Å². The highest BCUT2D eigenvalue weighted by atomic mass is 35.5. The van der Waals surface area contributed by atoms with E-state index in [1.54, 1.807) is 24.3 Å². The molecule has 2 atom stereocenters. The number of anilines is 1. The van der Waals surface area contributed by atoms with Crippen LogP contribution in [0.15, 0.2) is 89.9 Å². The van der Waals surface area contributed by atoms with Crippen LogP contribution in [-0.4, -0.2) is 24.7 Å². The molecule has 1 heterocycles. The third kappa shape index (κ3) is 4.76. The lowest BCUT2D eigenvalue weighted by Crippen LogP contribution is -2.36. The standard InChI is InChI=1S/C23H19ClN2O3/c24-18-13-11-17(12-14-18)22-26-21(16-7-3-1-4-8-16)20(15-28-22)29-23(27)25-19-9-5-2-6-10-19/h1-14,20-21H,15H2,(H,25,27). The number of nitrogens with one attached hydrogen (secondary N) is 1. The quantitative estimate of drug-likeness (QED) is 0.624. The van der Waals surface area contributed by atoms with Crippen LogP contribution in [0.4, 0.5) is 10.5 Å². The van der Waals surface area contributed by atoms with Gasteiger partial charge in [-0.15, -0.1) is 0 Å². The number of benzene rings is 3. The van der Waals surface area contributed by atoms with Gasteiger partial charge in [0.15, 0.2) is 6.10 Å². The number of para-hydroxylation sites is 1. The predicted molar refractivity (Wildman–Crippen MR) is 113 cm³/mol. The Kier molecular flexibility index (Phi) is 5.77. The maximum absolute atomic E-state index is 12.4. The van der Waals surface area contributed by atoms with Crippen LogP contribution in [0, 0.1) is 0 Å². The van der Waals surface area contributed by atoms with Crippen LogP contribution in [-0.2, 0) is 9.47 Å². The minimum atomic E-state index is -0.558. The van der Waals surface area contributed by atoms with Gasteiger partial charge < -0.3 is 9.47 Å². The second-order valence-electron chi connectivity index (χ2n) is 6.54. The molecule has 1 N–H and O–H groups in total. The zero-order chi connectivity index (χ0) is 20.1. The molecule has 146 valence electrons. The fourth-order valence-electron chi connectivity index (χ4n) is 3.09. The lowest BCUT2D eigenvalue weighted by molar-refractivity contribution is 0.0441. The van der Waals surface area contributed by atoms with Crippen LogP contribution in [0.5, 0.6) is 0 Å². The number of hydrogen-bond donors (Lipinski definition) is 1.